The SMILES string of the molecule is COc1cccc2c1C(=O)c1c(O)c3c(c(O)c1C2=O)C[C@@](O)(C(=O)N1CCC(N2C(=O)CC(C)C2=O)CC1)C[C@@H]3O[C@H]1C[C@H]2[C@H](O[C@@H]3[C@@H](OC)OCCN32)[C@H](C)O1. The van der Waals surface area contributed by atoms with Crippen LogP contribution >= 0.6 is 0 Å². The number of carbonyl (C=O) groups is 5. The first kappa shape index (κ1) is 39.0. The third kappa shape index (κ3) is 5.88. The van der Waals surface area contributed by atoms with Gasteiger partial charge in [0.1, 0.15) is 29.0 Å². The molecule has 0 aromatic heterocycles. The molecule has 5 saturated heterocycles. The van der Waals surface area contributed by atoms with Crippen molar-refractivity contribution in [3.8, 4) is 17.2 Å². The summed E-state index contributed by atoms with van der Waals surface area (Å²) in [6.07, 6.45) is -4.13. The maximum atomic E-state index is 14.5. The van der Waals surface area contributed by atoms with E-state index in [0.29, 0.717) is 26.0 Å². The summed E-state index contributed by atoms with van der Waals surface area (Å²) in [5.74, 6) is -4.22. The molecule has 7 aliphatic rings. The second-order valence-electron chi connectivity index (χ2n) is 16.4. The van der Waals surface area contributed by atoms with Gasteiger partial charge in [-0.3, -0.25) is 33.8 Å². The normalized spacial score (nSPS) is 33.7. The molecule has 0 spiro atoms. The summed E-state index contributed by atoms with van der Waals surface area (Å²) in [4.78, 5) is 73.1. The van der Waals surface area contributed by atoms with Crippen molar-refractivity contribution in [3.05, 3.63) is 51.6 Å². The van der Waals surface area contributed by atoms with Gasteiger partial charge in [-0.1, -0.05) is 19.1 Å². The predicted octanol–water partition coefficient (Wildman–Crippen LogP) is 1.54. The summed E-state index contributed by atoms with van der Waals surface area (Å²) in [5, 5.41) is 36.6. The molecular formula is C41H47N3O14. The van der Waals surface area contributed by atoms with E-state index in [-0.39, 0.29) is 83.9 Å². The first-order valence-electron chi connectivity index (χ1n) is 19.9. The highest BCUT2D eigenvalue weighted by Gasteiger charge is 2.56. The third-order valence-corrected chi connectivity index (χ3v) is 13.1. The minimum atomic E-state index is -2.22. The molecule has 1 unspecified atom stereocenters. The number of rotatable bonds is 6. The second kappa shape index (κ2) is 14.4. The lowest BCUT2D eigenvalue weighted by molar-refractivity contribution is -0.256. The Morgan fingerprint density at radius 3 is 2.38 bits per heavy atom. The fraction of sp³-hybridized carbons (Fsp3) is 0.585. The first-order valence-corrected chi connectivity index (χ1v) is 19.9. The van der Waals surface area contributed by atoms with E-state index >= 15 is 0 Å². The molecule has 5 heterocycles. The summed E-state index contributed by atoms with van der Waals surface area (Å²) in [7, 11) is 2.89. The van der Waals surface area contributed by atoms with E-state index in [1.165, 1.54) is 35.1 Å². The number of piperidine rings is 1. The minimum absolute atomic E-state index is 0.0382. The van der Waals surface area contributed by atoms with Crippen LogP contribution in [0.4, 0.5) is 0 Å². The predicted molar refractivity (Wildman–Crippen MR) is 197 cm³/mol. The molecular weight excluding hydrogens is 758 g/mol. The van der Waals surface area contributed by atoms with E-state index in [2.05, 4.69) is 4.90 Å². The zero-order chi connectivity index (χ0) is 40.9. The monoisotopic (exact) mass is 805 g/mol. The van der Waals surface area contributed by atoms with Crippen molar-refractivity contribution in [2.24, 2.45) is 5.92 Å². The van der Waals surface area contributed by atoms with Crippen LogP contribution < -0.4 is 4.74 Å². The van der Waals surface area contributed by atoms with E-state index in [1.54, 1.807) is 14.0 Å². The molecule has 17 nitrogen and oxygen atoms in total. The summed E-state index contributed by atoms with van der Waals surface area (Å²) < 4.78 is 36.1. The number of amides is 3. The molecule has 9 rings (SSSR count). The molecule has 2 aromatic carbocycles. The van der Waals surface area contributed by atoms with E-state index in [1.807, 2.05) is 6.92 Å². The number of hydrogen-bond acceptors (Lipinski definition) is 15. The van der Waals surface area contributed by atoms with Crippen molar-refractivity contribution in [1.82, 2.24) is 14.7 Å². The maximum absolute atomic E-state index is 14.5. The number of phenols is 2. The van der Waals surface area contributed by atoms with Crippen LogP contribution in [0.5, 0.6) is 17.2 Å². The smallest absolute Gasteiger partial charge is 0.254 e. The van der Waals surface area contributed by atoms with Gasteiger partial charge >= 0.3 is 0 Å². The number of carbonyl (C=O) groups excluding carboxylic acids is 5. The van der Waals surface area contributed by atoms with Gasteiger partial charge in [0.05, 0.1) is 42.6 Å². The van der Waals surface area contributed by atoms with Crippen LogP contribution in [0, 0.1) is 5.92 Å². The van der Waals surface area contributed by atoms with Crippen LogP contribution in [0.25, 0.3) is 0 Å². The highest BCUT2D eigenvalue weighted by atomic mass is 16.7. The minimum Gasteiger partial charge on any atom is -0.507 e. The van der Waals surface area contributed by atoms with Crippen molar-refractivity contribution < 1.29 is 67.7 Å². The molecule has 310 valence electrons. The number of ketones is 2. The largest absolute Gasteiger partial charge is 0.507 e. The second-order valence-corrected chi connectivity index (χ2v) is 16.4. The van der Waals surface area contributed by atoms with Gasteiger partial charge in [0.2, 0.25) is 17.6 Å². The first-order chi connectivity index (χ1) is 27.8. The Morgan fingerprint density at radius 2 is 1.69 bits per heavy atom. The third-order valence-electron chi connectivity index (χ3n) is 13.1. The summed E-state index contributed by atoms with van der Waals surface area (Å²) in [6.45, 7) is 4.80. The van der Waals surface area contributed by atoms with Gasteiger partial charge in [-0.25, -0.2) is 0 Å². The Bertz CT molecular complexity index is 2100. The molecule has 9 atom stereocenters. The lowest BCUT2D eigenvalue weighted by Crippen LogP contribution is -2.57. The molecule has 17 heteroatoms. The van der Waals surface area contributed by atoms with Gasteiger partial charge in [-0.15, -0.1) is 0 Å². The highest BCUT2D eigenvalue weighted by molar-refractivity contribution is 6.31. The summed E-state index contributed by atoms with van der Waals surface area (Å²) in [5.41, 5.74) is -3.38. The molecule has 58 heavy (non-hydrogen) atoms. The number of hydrogen-bond donors (Lipinski definition) is 3. The number of ether oxygens (including phenoxy) is 6. The van der Waals surface area contributed by atoms with Crippen molar-refractivity contribution in [2.75, 3.05) is 40.5 Å². The van der Waals surface area contributed by atoms with Crippen LogP contribution in [-0.2, 0) is 44.5 Å². The van der Waals surface area contributed by atoms with E-state index in [9.17, 15) is 39.3 Å². The van der Waals surface area contributed by atoms with Gasteiger partial charge in [0.15, 0.2) is 24.6 Å². The summed E-state index contributed by atoms with van der Waals surface area (Å²) >= 11 is 0. The number of nitrogens with zero attached hydrogens (tertiary/aromatic N) is 3. The van der Waals surface area contributed by atoms with Gasteiger partial charge in [0, 0.05) is 87.1 Å². The van der Waals surface area contributed by atoms with Crippen LogP contribution in [0.15, 0.2) is 18.2 Å². The summed E-state index contributed by atoms with van der Waals surface area (Å²) in [6, 6.07) is 3.89. The Hall–Kier alpha value is -4.49. The number of aliphatic hydroxyl groups is 1. The fourth-order valence-electron chi connectivity index (χ4n) is 10.3. The van der Waals surface area contributed by atoms with Gasteiger partial charge < -0.3 is 48.6 Å². The van der Waals surface area contributed by atoms with Crippen molar-refractivity contribution in [3.63, 3.8) is 0 Å². The number of benzene rings is 2. The molecule has 5 aliphatic heterocycles. The number of methoxy groups -OCH3 is 2. The van der Waals surface area contributed by atoms with Crippen LogP contribution in [0.2, 0.25) is 0 Å². The lowest BCUT2D eigenvalue weighted by Gasteiger charge is -2.45. The molecule has 3 amide bonds. The van der Waals surface area contributed by atoms with E-state index in [4.69, 9.17) is 28.4 Å². The zero-order valence-electron chi connectivity index (χ0n) is 32.7. The average Bonchev–Trinajstić information content (AvgIpc) is 3.72. The van der Waals surface area contributed by atoms with E-state index < -0.39 is 95.5 Å². The Morgan fingerprint density at radius 1 is 0.948 bits per heavy atom. The molecule has 2 aliphatic carbocycles. The van der Waals surface area contributed by atoms with Crippen LogP contribution in [0.3, 0.4) is 0 Å². The number of aromatic hydroxyl groups is 2. The molecule has 0 saturated carbocycles. The van der Waals surface area contributed by atoms with Crippen molar-refractivity contribution in [2.45, 2.75) is 107 Å². The molecule has 5 fully saturated rings. The van der Waals surface area contributed by atoms with Crippen LogP contribution in [-0.4, -0.2) is 148 Å². The van der Waals surface area contributed by atoms with Crippen LogP contribution in [0.1, 0.15) is 95.0 Å². The Balaban J connectivity index is 1.06. The number of fused-ring (bicyclic) bond motifs is 6. The van der Waals surface area contributed by atoms with Gasteiger partial charge in [-0.2, -0.15) is 0 Å². The fourth-order valence-corrected chi connectivity index (χ4v) is 10.3. The molecule has 0 radical (unpaired) electrons. The Labute approximate surface area is 333 Å². The van der Waals surface area contributed by atoms with Crippen molar-refractivity contribution >= 4 is 29.3 Å². The number of morpholine rings is 1. The topological polar surface area (TPSA) is 211 Å². The van der Waals surface area contributed by atoms with Crippen molar-refractivity contribution in [1.29, 1.82) is 0 Å². The molecule has 2 aromatic rings. The van der Waals surface area contributed by atoms with Gasteiger partial charge in [-0.05, 0) is 25.8 Å². The Kier molecular flexibility index (Phi) is 9.65. The maximum Gasteiger partial charge on any atom is 0.254 e. The highest BCUT2D eigenvalue weighted by Crippen LogP contribution is 2.53. The van der Waals surface area contributed by atoms with Gasteiger partial charge in [0.25, 0.3) is 5.91 Å². The van der Waals surface area contributed by atoms with E-state index in [0.717, 1.165) is 0 Å². The molecule has 0 bridgehead atoms. The average molecular weight is 806 g/mol. The zero-order valence-corrected chi connectivity index (χ0v) is 32.7. The number of phenolic OH excluding ortho intramolecular Hbond substituents is 2. The number of likely N-dealkylation sites (tertiary alicyclic amines) is 2. The molecule has 3 N–H and O–H groups in total. The number of imide groups is 1. The lowest BCUT2D eigenvalue weighted by atomic mass is 9.72. The standard InChI is InChI=1S/C41H47N3O14/c1-18-14-26(45)44(37(18)50)20-8-10-42(11-9-20)40(51)41(52)16-22-29(35(49)31-30(33(22)47)32(46)21-6-5-7-24(53-3)28(21)34(31)48)25(17-41)57-27-15-23-36(19(2)56-27)58-38-39(54-4)55-13-12-43(23)38/h5-7,18-20,23,25,27,36,38-39,47,49,52H,8-17H2,1-4H3/t18?,19-,23-,25-,27-,36+,38+,39-,41-/m0/s1. The quantitative estimate of drug-likeness (QED) is 0.238.